The van der Waals surface area contributed by atoms with Crippen molar-refractivity contribution in [3.8, 4) is 0 Å². The summed E-state index contributed by atoms with van der Waals surface area (Å²) in [5.74, 6) is -0.648. The Balaban J connectivity index is 2.27. The second kappa shape index (κ2) is 5.16. The lowest BCUT2D eigenvalue weighted by Gasteiger charge is -2.03. The van der Waals surface area contributed by atoms with Crippen LogP contribution in [0.3, 0.4) is 0 Å². The maximum absolute atomic E-state index is 13.7. The molecule has 1 aromatic heterocycles. The van der Waals surface area contributed by atoms with Gasteiger partial charge in [-0.25, -0.2) is 9.37 Å². The predicted molar refractivity (Wildman–Crippen MR) is 71.0 cm³/mol. The van der Waals surface area contributed by atoms with Crippen LogP contribution in [-0.4, -0.2) is 10.8 Å². The Morgan fingerprint density at radius 1 is 1.44 bits per heavy atom. The Hall–Kier alpha value is -1.26. The molecule has 0 saturated carbocycles. The third-order valence-corrected chi connectivity index (χ3v) is 3.95. The molecule has 2 aromatic rings. The molecule has 0 aliphatic carbocycles. The van der Waals surface area contributed by atoms with Crippen molar-refractivity contribution in [1.29, 1.82) is 0 Å². The van der Waals surface area contributed by atoms with E-state index >= 15 is 0 Å². The van der Waals surface area contributed by atoms with E-state index in [4.69, 9.17) is 11.6 Å². The van der Waals surface area contributed by atoms with Crippen molar-refractivity contribution in [2.24, 2.45) is 0 Å². The van der Waals surface area contributed by atoms with Gasteiger partial charge in [-0.2, -0.15) is 0 Å². The van der Waals surface area contributed by atoms with E-state index in [0.29, 0.717) is 16.1 Å². The van der Waals surface area contributed by atoms with Gasteiger partial charge in [0.05, 0.1) is 20.6 Å². The Morgan fingerprint density at radius 3 is 2.78 bits per heavy atom. The van der Waals surface area contributed by atoms with Gasteiger partial charge >= 0.3 is 0 Å². The Bertz CT molecular complexity index is 609. The van der Waals surface area contributed by atoms with Crippen molar-refractivity contribution in [3.63, 3.8) is 0 Å². The molecule has 2 nitrogen and oxygen atoms in total. The van der Waals surface area contributed by atoms with Crippen LogP contribution in [0.1, 0.15) is 25.9 Å². The summed E-state index contributed by atoms with van der Waals surface area (Å²) in [5.41, 5.74) is 1.02. The van der Waals surface area contributed by atoms with Crippen LogP contribution in [0.2, 0.25) is 5.02 Å². The molecule has 0 N–H and O–H groups in total. The maximum atomic E-state index is 13.7. The van der Waals surface area contributed by atoms with E-state index in [0.717, 1.165) is 5.01 Å². The zero-order chi connectivity index (χ0) is 13.3. The minimum atomic E-state index is -0.522. The zero-order valence-electron chi connectivity index (χ0n) is 9.96. The molecule has 2 rings (SSSR count). The molecular formula is C13H11ClFNOS. The summed E-state index contributed by atoms with van der Waals surface area (Å²) in [4.78, 5) is 16.9. The fraction of sp³-hybridized carbons (Fsp3) is 0.231. The van der Waals surface area contributed by atoms with Gasteiger partial charge in [-0.1, -0.05) is 23.7 Å². The molecule has 1 aromatic carbocycles. The van der Waals surface area contributed by atoms with Gasteiger partial charge in [0.1, 0.15) is 5.82 Å². The van der Waals surface area contributed by atoms with Crippen LogP contribution < -0.4 is 0 Å². The van der Waals surface area contributed by atoms with Crippen LogP contribution in [-0.2, 0) is 6.42 Å². The minimum absolute atomic E-state index is 0.00880. The number of hydrogen-bond acceptors (Lipinski definition) is 3. The third-order valence-electron chi connectivity index (χ3n) is 2.54. The number of halogens is 2. The third kappa shape index (κ3) is 2.60. The van der Waals surface area contributed by atoms with Gasteiger partial charge in [0.2, 0.25) is 0 Å². The number of aryl methyl sites for hydroxylation is 2. The lowest BCUT2D eigenvalue weighted by Crippen LogP contribution is -2.05. The Morgan fingerprint density at radius 2 is 2.17 bits per heavy atom. The van der Waals surface area contributed by atoms with Crippen LogP contribution in [0, 0.1) is 19.7 Å². The molecule has 0 aliphatic rings. The minimum Gasteiger partial charge on any atom is -0.293 e. The monoisotopic (exact) mass is 283 g/mol. The summed E-state index contributed by atoms with van der Waals surface area (Å²) in [6.45, 7) is 3.62. The molecule has 0 unspecified atom stereocenters. The van der Waals surface area contributed by atoms with Gasteiger partial charge < -0.3 is 0 Å². The molecule has 1 heterocycles. The standard InChI is InChI=1S/C13H11ClFNOS/c1-7-13(18-8(2)16-7)11(17)6-9-4-3-5-10(14)12(9)15/h3-5H,6H2,1-2H3. The first-order chi connectivity index (χ1) is 8.49. The first-order valence-corrected chi connectivity index (χ1v) is 6.58. The first-order valence-electron chi connectivity index (χ1n) is 5.39. The molecular weight excluding hydrogens is 273 g/mol. The molecule has 0 aliphatic heterocycles. The summed E-state index contributed by atoms with van der Waals surface area (Å²) in [7, 11) is 0. The topological polar surface area (TPSA) is 30.0 Å². The smallest absolute Gasteiger partial charge is 0.179 e. The second-order valence-corrected chi connectivity index (χ2v) is 5.57. The Kier molecular flexibility index (Phi) is 3.78. The van der Waals surface area contributed by atoms with Crippen molar-refractivity contribution in [2.45, 2.75) is 20.3 Å². The van der Waals surface area contributed by atoms with Crippen molar-refractivity contribution in [2.75, 3.05) is 0 Å². The number of hydrogen-bond donors (Lipinski definition) is 0. The number of Topliss-reactive ketones (excluding diaryl/α,β-unsaturated/α-hetero) is 1. The van der Waals surface area contributed by atoms with Crippen LogP contribution in [0.4, 0.5) is 4.39 Å². The van der Waals surface area contributed by atoms with E-state index in [1.807, 2.05) is 6.92 Å². The quantitative estimate of drug-likeness (QED) is 0.798. The highest BCUT2D eigenvalue weighted by Gasteiger charge is 2.16. The number of rotatable bonds is 3. The SMILES string of the molecule is Cc1nc(C)c(C(=O)Cc2cccc(Cl)c2F)s1. The number of ketones is 1. The number of thiazole rings is 1. The summed E-state index contributed by atoms with van der Waals surface area (Å²) >= 11 is 7.02. The van der Waals surface area contributed by atoms with E-state index in [1.54, 1.807) is 19.1 Å². The molecule has 0 bridgehead atoms. The van der Waals surface area contributed by atoms with Crippen molar-refractivity contribution in [3.05, 3.63) is 50.2 Å². The fourth-order valence-corrected chi connectivity index (χ4v) is 2.78. The van der Waals surface area contributed by atoms with E-state index in [-0.39, 0.29) is 17.2 Å². The van der Waals surface area contributed by atoms with Gasteiger partial charge in [-0.05, 0) is 25.5 Å². The summed E-state index contributed by atoms with van der Waals surface area (Å²) in [6.07, 6.45) is 0.00880. The normalized spacial score (nSPS) is 10.7. The highest BCUT2D eigenvalue weighted by Crippen LogP contribution is 2.22. The number of benzene rings is 1. The molecule has 0 radical (unpaired) electrons. The molecule has 18 heavy (non-hydrogen) atoms. The van der Waals surface area contributed by atoms with Gasteiger partial charge in [0.25, 0.3) is 0 Å². The number of aromatic nitrogens is 1. The number of nitrogens with zero attached hydrogens (tertiary/aromatic N) is 1. The van der Waals surface area contributed by atoms with Gasteiger partial charge in [-0.15, -0.1) is 11.3 Å². The molecule has 0 saturated heterocycles. The first kappa shape index (κ1) is 13.2. The molecule has 5 heteroatoms. The van der Waals surface area contributed by atoms with Crippen LogP contribution in [0.15, 0.2) is 18.2 Å². The highest BCUT2D eigenvalue weighted by atomic mass is 35.5. The van der Waals surface area contributed by atoms with Gasteiger partial charge in [0, 0.05) is 6.42 Å². The maximum Gasteiger partial charge on any atom is 0.179 e. The van der Waals surface area contributed by atoms with Crippen molar-refractivity contribution < 1.29 is 9.18 Å². The lowest BCUT2D eigenvalue weighted by atomic mass is 10.1. The molecule has 0 atom stereocenters. The van der Waals surface area contributed by atoms with Gasteiger partial charge in [0.15, 0.2) is 5.78 Å². The Labute approximate surface area is 113 Å². The molecule has 0 amide bonds. The highest BCUT2D eigenvalue weighted by molar-refractivity contribution is 7.13. The van der Waals surface area contributed by atoms with Gasteiger partial charge in [-0.3, -0.25) is 4.79 Å². The van der Waals surface area contributed by atoms with Crippen LogP contribution in [0.5, 0.6) is 0 Å². The fourth-order valence-electron chi connectivity index (χ4n) is 1.73. The molecule has 0 fully saturated rings. The average Bonchev–Trinajstić information content (AvgIpc) is 2.64. The molecule has 0 spiro atoms. The van der Waals surface area contributed by atoms with Crippen LogP contribution >= 0.6 is 22.9 Å². The zero-order valence-corrected chi connectivity index (χ0v) is 11.5. The van der Waals surface area contributed by atoms with Crippen molar-refractivity contribution in [1.82, 2.24) is 4.98 Å². The summed E-state index contributed by atoms with van der Waals surface area (Å²) < 4.78 is 13.7. The summed E-state index contributed by atoms with van der Waals surface area (Å²) in [6, 6.07) is 4.67. The van der Waals surface area contributed by atoms with E-state index in [1.165, 1.54) is 17.4 Å². The largest absolute Gasteiger partial charge is 0.293 e. The summed E-state index contributed by atoms with van der Waals surface area (Å²) in [5, 5.41) is 0.875. The lowest BCUT2D eigenvalue weighted by molar-refractivity contribution is 0.0995. The van der Waals surface area contributed by atoms with E-state index < -0.39 is 5.82 Å². The second-order valence-electron chi connectivity index (χ2n) is 3.96. The predicted octanol–water partition coefficient (Wildman–Crippen LogP) is 3.98. The molecule has 94 valence electrons. The average molecular weight is 284 g/mol. The van der Waals surface area contributed by atoms with E-state index in [9.17, 15) is 9.18 Å². The number of carbonyl (C=O) groups excluding carboxylic acids is 1. The number of carbonyl (C=O) groups is 1. The van der Waals surface area contributed by atoms with E-state index in [2.05, 4.69) is 4.98 Å². The van der Waals surface area contributed by atoms with Crippen LogP contribution in [0.25, 0.3) is 0 Å². The van der Waals surface area contributed by atoms with Crippen molar-refractivity contribution >= 4 is 28.7 Å².